The SMILES string of the molecule is Cc1ccccc1C(=O)NCCC(=O)NCc1cccc(C(F)(F)F)c1. The molecular weight excluding hydrogens is 345 g/mol. The second-order valence-electron chi connectivity index (χ2n) is 5.80. The molecule has 0 saturated heterocycles. The Morgan fingerprint density at radius 2 is 1.73 bits per heavy atom. The number of aryl methyl sites for hydroxylation is 1. The maximum Gasteiger partial charge on any atom is 0.416 e. The first kappa shape index (κ1) is 19.5. The van der Waals surface area contributed by atoms with E-state index in [1.807, 2.05) is 19.1 Å². The van der Waals surface area contributed by atoms with Crippen LogP contribution in [-0.2, 0) is 17.5 Å². The van der Waals surface area contributed by atoms with Gasteiger partial charge in [0.05, 0.1) is 5.56 Å². The van der Waals surface area contributed by atoms with E-state index >= 15 is 0 Å². The molecule has 0 aliphatic rings. The average molecular weight is 364 g/mol. The van der Waals surface area contributed by atoms with Crippen molar-refractivity contribution in [2.45, 2.75) is 26.1 Å². The molecule has 2 aromatic rings. The van der Waals surface area contributed by atoms with Crippen LogP contribution in [0.4, 0.5) is 13.2 Å². The zero-order valence-corrected chi connectivity index (χ0v) is 14.2. The van der Waals surface area contributed by atoms with Crippen LogP contribution in [0.2, 0.25) is 0 Å². The third kappa shape index (κ3) is 5.61. The monoisotopic (exact) mass is 364 g/mol. The fourth-order valence-electron chi connectivity index (χ4n) is 2.36. The van der Waals surface area contributed by atoms with Crippen molar-refractivity contribution in [1.82, 2.24) is 10.6 Å². The van der Waals surface area contributed by atoms with Gasteiger partial charge in [0.1, 0.15) is 0 Å². The molecule has 26 heavy (non-hydrogen) atoms. The normalized spacial score (nSPS) is 11.1. The molecule has 0 aliphatic carbocycles. The second-order valence-corrected chi connectivity index (χ2v) is 5.80. The van der Waals surface area contributed by atoms with Crippen molar-refractivity contribution in [3.05, 3.63) is 70.8 Å². The Hall–Kier alpha value is -2.83. The highest BCUT2D eigenvalue weighted by Crippen LogP contribution is 2.29. The second kappa shape index (κ2) is 8.51. The molecule has 0 unspecified atom stereocenters. The predicted octanol–water partition coefficient (Wildman–Crippen LogP) is 3.45. The quantitative estimate of drug-likeness (QED) is 0.825. The molecule has 0 atom stereocenters. The first-order valence-corrected chi connectivity index (χ1v) is 8.04. The first-order valence-electron chi connectivity index (χ1n) is 8.04. The van der Waals surface area contributed by atoms with E-state index < -0.39 is 11.7 Å². The molecule has 4 nitrogen and oxygen atoms in total. The van der Waals surface area contributed by atoms with Gasteiger partial charge in [-0.2, -0.15) is 13.2 Å². The van der Waals surface area contributed by atoms with Gasteiger partial charge in [0.25, 0.3) is 5.91 Å². The van der Waals surface area contributed by atoms with Crippen LogP contribution in [0, 0.1) is 6.92 Å². The number of carbonyl (C=O) groups is 2. The summed E-state index contributed by atoms with van der Waals surface area (Å²) < 4.78 is 37.9. The highest BCUT2D eigenvalue weighted by molar-refractivity contribution is 5.95. The molecule has 0 bridgehead atoms. The maximum atomic E-state index is 12.6. The molecule has 0 aromatic heterocycles. The lowest BCUT2D eigenvalue weighted by atomic mass is 10.1. The zero-order valence-electron chi connectivity index (χ0n) is 14.2. The van der Waals surface area contributed by atoms with Crippen molar-refractivity contribution in [1.29, 1.82) is 0 Å². The van der Waals surface area contributed by atoms with Crippen molar-refractivity contribution in [3.63, 3.8) is 0 Å². The molecule has 138 valence electrons. The van der Waals surface area contributed by atoms with Crippen LogP contribution in [0.3, 0.4) is 0 Å². The minimum atomic E-state index is -4.42. The number of halogens is 3. The standard InChI is InChI=1S/C19H19F3N2O2/c1-13-5-2-3-8-16(13)18(26)23-10-9-17(25)24-12-14-6-4-7-15(11-14)19(20,21)22/h2-8,11H,9-10,12H2,1H3,(H,23,26)(H,24,25). The molecule has 0 fully saturated rings. The smallest absolute Gasteiger partial charge is 0.352 e. The van der Waals surface area contributed by atoms with Gasteiger partial charge in [-0.25, -0.2) is 0 Å². The highest BCUT2D eigenvalue weighted by Gasteiger charge is 2.30. The van der Waals surface area contributed by atoms with Gasteiger partial charge in [0.2, 0.25) is 5.91 Å². The van der Waals surface area contributed by atoms with E-state index in [1.165, 1.54) is 12.1 Å². The predicted molar refractivity (Wildman–Crippen MR) is 91.4 cm³/mol. The third-order valence-corrected chi connectivity index (χ3v) is 3.77. The number of carbonyl (C=O) groups excluding carboxylic acids is 2. The molecule has 0 saturated carbocycles. The lowest BCUT2D eigenvalue weighted by Crippen LogP contribution is -2.30. The Balaban J connectivity index is 1.78. The molecule has 0 heterocycles. The van der Waals surface area contributed by atoms with Crippen LogP contribution in [-0.4, -0.2) is 18.4 Å². The first-order chi connectivity index (χ1) is 12.3. The van der Waals surface area contributed by atoms with Gasteiger partial charge in [-0.15, -0.1) is 0 Å². The number of hydrogen-bond acceptors (Lipinski definition) is 2. The van der Waals surface area contributed by atoms with Gasteiger partial charge < -0.3 is 10.6 Å². The van der Waals surface area contributed by atoms with Gasteiger partial charge in [0.15, 0.2) is 0 Å². The molecular formula is C19H19F3N2O2. The minimum absolute atomic E-state index is 0.00546. The van der Waals surface area contributed by atoms with Gasteiger partial charge in [-0.1, -0.05) is 30.3 Å². The number of hydrogen-bond donors (Lipinski definition) is 2. The highest BCUT2D eigenvalue weighted by atomic mass is 19.4. The van der Waals surface area contributed by atoms with E-state index in [0.717, 1.165) is 17.7 Å². The number of rotatable bonds is 6. The lowest BCUT2D eigenvalue weighted by Gasteiger charge is -2.10. The van der Waals surface area contributed by atoms with E-state index in [0.29, 0.717) is 11.1 Å². The summed E-state index contributed by atoms with van der Waals surface area (Å²) in [4.78, 5) is 23.8. The number of benzene rings is 2. The Bertz CT molecular complexity index is 788. The summed E-state index contributed by atoms with van der Waals surface area (Å²) in [5.74, 6) is -0.624. The van der Waals surface area contributed by atoms with Gasteiger partial charge in [-0.3, -0.25) is 9.59 Å². The number of alkyl halides is 3. The Morgan fingerprint density at radius 1 is 1.00 bits per heavy atom. The Kier molecular flexibility index (Phi) is 6.38. The summed E-state index contributed by atoms with van der Waals surface area (Å²) in [7, 11) is 0. The van der Waals surface area contributed by atoms with Crippen LogP contribution in [0.5, 0.6) is 0 Å². The van der Waals surface area contributed by atoms with Crippen LogP contribution in [0.25, 0.3) is 0 Å². The molecule has 7 heteroatoms. The van der Waals surface area contributed by atoms with Crippen molar-refractivity contribution in [3.8, 4) is 0 Å². The molecule has 2 N–H and O–H groups in total. The van der Waals surface area contributed by atoms with Crippen LogP contribution >= 0.6 is 0 Å². The third-order valence-electron chi connectivity index (χ3n) is 3.77. The Labute approximate surface area is 149 Å². The summed E-state index contributed by atoms with van der Waals surface area (Å²) >= 11 is 0. The van der Waals surface area contributed by atoms with E-state index in [-0.39, 0.29) is 31.3 Å². The lowest BCUT2D eigenvalue weighted by molar-refractivity contribution is -0.137. The summed E-state index contributed by atoms with van der Waals surface area (Å²) in [6.07, 6.45) is -4.38. The molecule has 2 rings (SSSR count). The van der Waals surface area contributed by atoms with E-state index in [9.17, 15) is 22.8 Å². The van der Waals surface area contributed by atoms with Crippen LogP contribution in [0.15, 0.2) is 48.5 Å². The number of nitrogens with one attached hydrogen (secondary N) is 2. The van der Waals surface area contributed by atoms with Crippen molar-refractivity contribution in [2.75, 3.05) is 6.54 Å². The minimum Gasteiger partial charge on any atom is -0.352 e. The largest absolute Gasteiger partial charge is 0.416 e. The van der Waals surface area contributed by atoms with Gasteiger partial charge >= 0.3 is 6.18 Å². The average Bonchev–Trinajstić information content (AvgIpc) is 2.60. The fraction of sp³-hybridized carbons (Fsp3) is 0.263. The van der Waals surface area contributed by atoms with E-state index in [1.54, 1.807) is 12.1 Å². The summed E-state index contributed by atoms with van der Waals surface area (Å²) in [6.45, 7) is 1.95. The zero-order chi connectivity index (χ0) is 19.2. The van der Waals surface area contributed by atoms with Crippen molar-refractivity contribution >= 4 is 11.8 Å². The molecule has 0 aliphatic heterocycles. The van der Waals surface area contributed by atoms with E-state index in [4.69, 9.17) is 0 Å². The summed E-state index contributed by atoms with van der Waals surface area (Å²) in [5, 5.41) is 5.19. The van der Waals surface area contributed by atoms with Crippen molar-refractivity contribution < 1.29 is 22.8 Å². The summed E-state index contributed by atoms with van der Waals surface area (Å²) in [5.41, 5.74) is 0.975. The van der Waals surface area contributed by atoms with E-state index in [2.05, 4.69) is 10.6 Å². The van der Waals surface area contributed by atoms with Gasteiger partial charge in [-0.05, 0) is 36.2 Å². The topological polar surface area (TPSA) is 58.2 Å². The Morgan fingerprint density at radius 3 is 2.42 bits per heavy atom. The molecule has 0 spiro atoms. The molecule has 2 aromatic carbocycles. The van der Waals surface area contributed by atoms with Crippen molar-refractivity contribution in [2.24, 2.45) is 0 Å². The number of amides is 2. The van der Waals surface area contributed by atoms with Crippen LogP contribution < -0.4 is 10.6 Å². The maximum absolute atomic E-state index is 12.6. The summed E-state index contributed by atoms with van der Waals surface area (Å²) in [6, 6.07) is 11.9. The van der Waals surface area contributed by atoms with Gasteiger partial charge in [0, 0.05) is 25.1 Å². The van der Waals surface area contributed by atoms with Crippen LogP contribution in [0.1, 0.15) is 33.5 Å². The molecule has 2 amide bonds. The fourth-order valence-corrected chi connectivity index (χ4v) is 2.36. The molecule has 0 radical (unpaired) electrons.